The van der Waals surface area contributed by atoms with E-state index < -0.39 is 0 Å². The minimum Gasteiger partial charge on any atom is -0.378 e. The maximum absolute atomic E-state index is 5.24. The Morgan fingerprint density at radius 3 is 2.71 bits per heavy atom. The summed E-state index contributed by atoms with van der Waals surface area (Å²) in [6.07, 6.45) is 1.90. The second-order valence-electron chi connectivity index (χ2n) is 4.81. The Balaban J connectivity index is 1.96. The number of hydrogen-bond acceptors (Lipinski definition) is 5. The number of rotatable bonds is 6. The molecule has 5 nitrogen and oxygen atoms in total. The summed E-state index contributed by atoms with van der Waals surface area (Å²) in [5.41, 5.74) is 0. The molecule has 0 aromatic carbocycles. The van der Waals surface area contributed by atoms with Gasteiger partial charge in [0.25, 0.3) is 0 Å². The summed E-state index contributed by atoms with van der Waals surface area (Å²) in [5, 5.41) is 4.03. The van der Waals surface area contributed by atoms with Gasteiger partial charge in [0.1, 0.15) is 0 Å². The Labute approximate surface area is 102 Å². The normalized spacial score (nSPS) is 16.8. The van der Waals surface area contributed by atoms with E-state index in [4.69, 9.17) is 9.26 Å². The third-order valence-corrected chi connectivity index (χ3v) is 3.05. The molecular weight excluding hydrogens is 218 g/mol. The van der Waals surface area contributed by atoms with Crippen molar-refractivity contribution in [2.24, 2.45) is 0 Å². The molecule has 2 heterocycles. The molecule has 1 aromatic heterocycles. The lowest BCUT2D eigenvalue weighted by Gasteiger charge is -2.39. The number of nitrogens with zero attached hydrogens (tertiary/aromatic N) is 3. The number of hydrogen-bond donors (Lipinski definition) is 0. The average molecular weight is 239 g/mol. The molecule has 0 N–H and O–H groups in total. The van der Waals surface area contributed by atoms with Crippen molar-refractivity contribution < 1.29 is 9.26 Å². The second kappa shape index (κ2) is 5.60. The van der Waals surface area contributed by atoms with Gasteiger partial charge in [-0.2, -0.15) is 4.98 Å². The van der Waals surface area contributed by atoms with Crippen LogP contribution in [-0.2, 0) is 17.7 Å². The van der Waals surface area contributed by atoms with E-state index in [-0.39, 0.29) is 0 Å². The van der Waals surface area contributed by atoms with E-state index in [1.807, 2.05) is 0 Å². The Bertz CT molecular complexity index is 347. The van der Waals surface area contributed by atoms with E-state index in [0.29, 0.717) is 12.1 Å². The van der Waals surface area contributed by atoms with Crippen LogP contribution in [0.15, 0.2) is 4.52 Å². The first-order valence-corrected chi connectivity index (χ1v) is 6.35. The highest BCUT2D eigenvalue weighted by molar-refractivity contribution is 4.90. The van der Waals surface area contributed by atoms with Crippen LogP contribution in [-0.4, -0.2) is 40.3 Å². The summed E-state index contributed by atoms with van der Waals surface area (Å²) < 4.78 is 10.4. The van der Waals surface area contributed by atoms with Gasteiger partial charge in [-0.05, 0) is 20.3 Å². The fraction of sp³-hybridized carbons (Fsp3) is 0.833. The topological polar surface area (TPSA) is 51.4 Å². The van der Waals surface area contributed by atoms with Crippen LogP contribution in [0.25, 0.3) is 0 Å². The van der Waals surface area contributed by atoms with Gasteiger partial charge in [0, 0.05) is 12.5 Å². The van der Waals surface area contributed by atoms with E-state index in [2.05, 4.69) is 35.8 Å². The Morgan fingerprint density at radius 1 is 1.41 bits per heavy atom. The SMILES string of the molecule is CCCc1nc(CN(C(C)C)C2COC2)no1. The predicted molar refractivity (Wildman–Crippen MR) is 63.6 cm³/mol. The Kier molecular flexibility index (Phi) is 4.12. The standard InChI is InChI=1S/C12H21N3O2/c1-4-5-12-13-11(14-17-12)6-15(9(2)3)10-7-16-8-10/h9-10H,4-8H2,1-3H3. The van der Waals surface area contributed by atoms with Gasteiger partial charge in [-0.25, -0.2) is 0 Å². The van der Waals surface area contributed by atoms with Gasteiger partial charge in [-0.15, -0.1) is 0 Å². The molecule has 0 bridgehead atoms. The number of ether oxygens (including phenoxy) is 1. The highest BCUT2D eigenvalue weighted by Gasteiger charge is 2.28. The molecule has 96 valence electrons. The zero-order chi connectivity index (χ0) is 12.3. The summed E-state index contributed by atoms with van der Waals surface area (Å²) in [4.78, 5) is 6.77. The molecule has 0 aliphatic carbocycles. The van der Waals surface area contributed by atoms with Crippen LogP contribution in [0, 0.1) is 0 Å². The zero-order valence-electron chi connectivity index (χ0n) is 10.8. The van der Waals surface area contributed by atoms with E-state index in [9.17, 15) is 0 Å². The molecule has 2 rings (SSSR count). The third-order valence-electron chi connectivity index (χ3n) is 3.05. The lowest BCUT2D eigenvalue weighted by molar-refractivity contribution is -0.0793. The van der Waals surface area contributed by atoms with Crippen molar-refractivity contribution in [3.8, 4) is 0 Å². The lowest BCUT2D eigenvalue weighted by Crippen LogP contribution is -2.51. The van der Waals surface area contributed by atoms with Gasteiger partial charge < -0.3 is 9.26 Å². The second-order valence-corrected chi connectivity index (χ2v) is 4.81. The average Bonchev–Trinajstić information content (AvgIpc) is 2.62. The van der Waals surface area contributed by atoms with E-state index in [0.717, 1.165) is 44.3 Å². The van der Waals surface area contributed by atoms with Crippen molar-refractivity contribution in [3.63, 3.8) is 0 Å². The quantitative estimate of drug-likeness (QED) is 0.755. The molecule has 0 amide bonds. The molecule has 1 aliphatic heterocycles. The molecule has 1 aliphatic rings. The Hall–Kier alpha value is -0.940. The summed E-state index contributed by atoms with van der Waals surface area (Å²) in [7, 11) is 0. The van der Waals surface area contributed by atoms with E-state index in [1.54, 1.807) is 0 Å². The molecule has 5 heteroatoms. The van der Waals surface area contributed by atoms with Crippen molar-refractivity contribution in [2.45, 2.75) is 52.2 Å². The van der Waals surface area contributed by atoms with Crippen molar-refractivity contribution in [2.75, 3.05) is 13.2 Å². The van der Waals surface area contributed by atoms with Gasteiger partial charge in [0.05, 0.1) is 25.8 Å². The summed E-state index contributed by atoms with van der Waals surface area (Å²) in [5.74, 6) is 1.53. The van der Waals surface area contributed by atoms with Crippen LogP contribution < -0.4 is 0 Å². The third kappa shape index (κ3) is 3.04. The largest absolute Gasteiger partial charge is 0.378 e. The van der Waals surface area contributed by atoms with Crippen LogP contribution >= 0.6 is 0 Å². The Morgan fingerprint density at radius 2 is 2.18 bits per heavy atom. The fourth-order valence-corrected chi connectivity index (χ4v) is 1.98. The summed E-state index contributed by atoms with van der Waals surface area (Å²) >= 11 is 0. The van der Waals surface area contributed by atoms with Gasteiger partial charge in [-0.1, -0.05) is 12.1 Å². The molecule has 0 radical (unpaired) electrons. The molecule has 0 atom stereocenters. The van der Waals surface area contributed by atoms with Gasteiger partial charge >= 0.3 is 0 Å². The number of aryl methyl sites for hydroxylation is 1. The predicted octanol–water partition coefficient (Wildman–Crippen LogP) is 1.63. The minimum atomic E-state index is 0.469. The molecular formula is C12H21N3O2. The highest BCUT2D eigenvalue weighted by Crippen LogP contribution is 2.16. The number of aromatic nitrogens is 2. The first-order valence-electron chi connectivity index (χ1n) is 6.35. The van der Waals surface area contributed by atoms with Crippen LogP contribution in [0.3, 0.4) is 0 Å². The van der Waals surface area contributed by atoms with Crippen molar-refractivity contribution in [1.82, 2.24) is 15.0 Å². The molecule has 1 aromatic rings. The first-order chi connectivity index (χ1) is 8.20. The minimum absolute atomic E-state index is 0.469. The van der Waals surface area contributed by atoms with Crippen molar-refractivity contribution in [3.05, 3.63) is 11.7 Å². The monoisotopic (exact) mass is 239 g/mol. The van der Waals surface area contributed by atoms with Gasteiger partial charge in [0.2, 0.25) is 5.89 Å². The van der Waals surface area contributed by atoms with Crippen LogP contribution in [0.4, 0.5) is 0 Å². The lowest BCUT2D eigenvalue weighted by atomic mass is 10.1. The summed E-state index contributed by atoms with van der Waals surface area (Å²) in [6.45, 7) is 8.86. The van der Waals surface area contributed by atoms with Crippen LogP contribution in [0.2, 0.25) is 0 Å². The molecule has 0 spiro atoms. The first kappa shape index (κ1) is 12.5. The summed E-state index contributed by atoms with van der Waals surface area (Å²) in [6, 6.07) is 0.972. The van der Waals surface area contributed by atoms with E-state index >= 15 is 0 Å². The van der Waals surface area contributed by atoms with Gasteiger partial charge in [0.15, 0.2) is 5.82 Å². The molecule has 1 saturated heterocycles. The smallest absolute Gasteiger partial charge is 0.226 e. The van der Waals surface area contributed by atoms with Crippen molar-refractivity contribution in [1.29, 1.82) is 0 Å². The van der Waals surface area contributed by atoms with Crippen LogP contribution in [0.1, 0.15) is 38.9 Å². The fourth-order valence-electron chi connectivity index (χ4n) is 1.98. The molecule has 17 heavy (non-hydrogen) atoms. The van der Waals surface area contributed by atoms with Crippen LogP contribution in [0.5, 0.6) is 0 Å². The molecule has 0 saturated carbocycles. The van der Waals surface area contributed by atoms with E-state index in [1.165, 1.54) is 0 Å². The maximum atomic E-state index is 5.24. The zero-order valence-corrected chi connectivity index (χ0v) is 10.8. The molecule has 0 unspecified atom stereocenters. The maximum Gasteiger partial charge on any atom is 0.226 e. The molecule has 1 fully saturated rings. The highest BCUT2D eigenvalue weighted by atomic mass is 16.5. The van der Waals surface area contributed by atoms with Gasteiger partial charge in [-0.3, -0.25) is 4.90 Å². The van der Waals surface area contributed by atoms with Crippen molar-refractivity contribution >= 4 is 0 Å².